The summed E-state index contributed by atoms with van der Waals surface area (Å²) < 4.78 is 5.29. The summed E-state index contributed by atoms with van der Waals surface area (Å²) in [5.41, 5.74) is 1.04. The quantitative estimate of drug-likeness (QED) is 0.681. The van der Waals surface area contributed by atoms with Crippen LogP contribution in [0.3, 0.4) is 0 Å². The molecule has 0 radical (unpaired) electrons. The molecule has 1 heterocycles. The first kappa shape index (κ1) is 21.6. The second-order valence-corrected chi connectivity index (χ2v) is 8.71. The summed E-state index contributed by atoms with van der Waals surface area (Å²) in [7, 11) is 1.75. The first-order valence-electron chi connectivity index (χ1n) is 10.2. The maximum absolute atomic E-state index is 13.0. The van der Waals surface area contributed by atoms with Crippen LogP contribution >= 0.6 is 0 Å². The van der Waals surface area contributed by atoms with Gasteiger partial charge in [-0.05, 0) is 57.7 Å². The molecule has 0 unspecified atom stereocenters. The fourth-order valence-electron chi connectivity index (χ4n) is 3.35. The standard InChI is InChI=1S/C23H29N3O4/c1-23(2,3)30-22(29)25-14-19(15-5-6-15)26(4)21(28)17-9-7-16(8-10-17)20(27)18-11-12-24-13-18/h7-13,15,19,24H,5-6,14H2,1-4H3,(H,25,29)/t19-/m0/s1. The lowest BCUT2D eigenvalue weighted by Gasteiger charge is -2.29. The Morgan fingerprint density at radius 1 is 1.10 bits per heavy atom. The van der Waals surface area contributed by atoms with E-state index in [1.165, 1.54) is 0 Å². The first-order chi connectivity index (χ1) is 14.2. The van der Waals surface area contributed by atoms with Crippen LogP contribution < -0.4 is 5.32 Å². The lowest BCUT2D eigenvalue weighted by molar-refractivity contribution is 0.0491. The van der Waals surface area contributed by atoms with E-state index in [1.807, 2.05) is 20.8 Å². The Balaban J connectivity index is 1.64. The summed E-state index contributed by atoms with van der Waals surface area (Å²) in [6.45, 7) is 5.77. The minimum Gasteiger partial charge on any atom is -0.444 e. The van der Waals surface area contributed by atoms with E-state index >= 15 is 0 Å². The third-order valence-corrected chi connectivity index (χ3v) is 5.09. The minimum atomic E-state index is -0.569. The summed E-state index contributed by atoms with van der Waals surface area (Å²) in [4.78, 5) is 41.9. The number of amides is 2. The maximum atomic E-state index is 13.0. The van der Waals surface area contributed by atoms with Crippen LogP contribution in [-0.2, 0) is 4.74 Å². The van der Waals surface area contributed by atoms with Crippen molar-refractivity contribution < 1.29 is 19.1 Å². The largest absolute Gasteiger partial charge is 0.444 e. The fraction of sp³-hybridized carbons (Fsp3) is 0.435. The molecule has 1 aliphatic carbocycles. The molecule has 0 saturated heterocycles. The van der Waals surface area contributed by atoms with Crippen molar-refractivity contribution >= 4 is 17.8 Å². The number of aromatic amines is 1. The van der Waals surface area contributed by atoms with Crippen molar-refractivity contribution in [3.63, 3.8) is 0 Å². The number of likely N-dealkylation sites (N-methyl/N-ethyl adjacent to an activating group) is 1. The van der Waals surface area contributed by atoms with E-state index in [-0.39, 0.29) is 17.7 Å². The number of H-pyrrole nitrogens is 1. The smallest absolute Gasteiger partial charge is 0.407 e. The van der Waals surface area contributed by atoms with Crippen molar-refractivity contribution in [3.8, 4) is 0 Å². The molecule has 2 aromatic rings. The lowest BCUT2D eigenvalue weighted by atomic mass is 10.0. The van der Waals surface area contributed by atoms with E-state index in [2.05, 4.69) is 10.3 Å². The SMILES string of the molecule is CN(C(=O)c1ccc(C(=O)c2cc[nH]c2)cc1)[C@@H](CNC(=O)OC(C)(C)C)C1CC1. The van der Waals surface area contributed by atoms with E-state index < -0.39 is 11.7 Å². The molecule has 0 spiro atoms. The van der Waals surface area contributed by atoms with Gasteiger partial charge >= 0.3 is 6.09 Å². The average molecular weight is 412 g/mol. The van der Waals surface area contributed by atoms with Gasteiger partial charge < -0.3 is 19.9 Å². The highest BCUT2D eigenvalue weighted by Crippen LogP contribution is 2.35. The molecule has 1 aromatic carbocycles. The molecule has 1 saturated carbocycles. The van der Waals surface area contributed by atoms with Crippen LogP contribution in [0.4, 0.5) is 4.79 Å². The lowest BCUT2D eigenvalue weighted by Crippen LogP contribution is -2.47. The Kier molecular flexibility index (Phi) is 6.29. The average Bonchev–Trinajstić information content (AvgIpc) is 3.37. The Morgan fingerprint density at radius 2 is 1.73 bits per heavy atom. The molecular weight excluding hydrogens is 382 g/mol. The summed E-state index contributed by atoms with van der Waals surface area (Å²) in [5, 5.41) is 2.78. The van der Waals surface area contributed by atoms with Gasteiger partial charge in [0.1, 0.15) is 5.60 Å². The van der Waals surface area contributed by atoms with Crippen LogP contribution in [0.2, 0.25) is 0 Å². The van der Waals surface area contributed by atoms with Gasteiger partial charge in [0.05, 0.1) is 6.04 Å². The zero-order valence-electron chi connectivity index (χ0n) is 17.9. The Hall–Kier alpha value is -3.09. The van der Waals surface area contributed by atoms with Gasteiger partial charge in [0.25, 0.3) is 5.91 Å². The van der Waals surface area contributed by atoms with Crippen molar-refractivity contribution in [2.24, 2.45) is 5.92 Å². The molecule has 7 heteroatoms. The number of hydrogen-bond acceptors (Lipinski definition) is 4. The molecule has 0 bridgehead atoms. The molecule has 0 aliphatic heterocycles. The second-order valence-electron chi connectivity index (χ2n) is 8.71. The molecule has 7 nitrogen and oxygen atoms in total. The number of hydrogen-bond donors (Lipinski definition) is 2. The molecule has 1 aliphatic rings. The molecule has 1 aromatic heterocycles. The molecule has 3 rings (SSSR count). The van der Waals surface area contributed by atoms with Crippen molar-refractivity contribution in [2.45, 2.75) is 45.3 Å². The normalized spacial score (nSPS) is 14.7. The third-order valence-electron chi connectivity index (χ3n) is 5.09. The minimum absolute atomic E-state index is 0.0963. The van der Waals surface area contributed by atoms with E-state index in [9.17, 15) is 14.4 Å². The van der Waals surface area contributed by atoms with Crippen LogP contribution in [0.15, 0.2) is 42.7 Å². The van der Waals surface area contributed by atoms with Crippen LogP contribution in [0.5, 0.6) is 0 Å². The number of ketones is 1. The molecule has 1 fully saturated rings. The summed E-state index contributed by atoms with van der Waals surface area (Å²) in [6.07, 6.45) is 4.92. The van der Waals surface area contributed by atoms with Crippen molar-refractivity contribution in [1.29, 1.82) is 0 Å². The predicted octanol–water partition coefficient (Wildman–Crippen LogP) is 3.62. The number of alkyl carbamates (subject to hydrolysis) is 1. The molecule has 30 heavy (non-hydrogen) atoms. The summed E-state index contributed by atoms with van der Waals surface area (Å²) in [6, 6.07) is 8.29. The van der Waals surface area contributed by atoms with Gasteiger partial charge in [-0.1, -0.05) is 12.1 Å². The van der Waals surface area contributed by atoms with E-state index in [0.717, 1.165) is 12.8 Å². The van der Waals surface area contributed by atoms with Gasteiger partial charge in [0.15, 0.2) is 5.78 Å². The van der Waals surface area contributed by atoms with Crippen LogP contribution in [0.1, 0.15) is 59.9 Å². The number of carbonyl (C=O) groups excluding carboxylic acids is 3. The van der Waals surface area contributed by atoms with Crippen LogP contribution in [0.25, 0.3) is 0 Å². The van der Waals surface area contributed by atoms with E-state index in [1.54, 1.807) is 54.7 Å². The van der Waals surface area contributed by atoms with Crippen molar-refractivity contribution in [2.75, 3.05) is 13.6 Å². The number of carbonyl (C=O) groups is 3. The maximum Gasteiger partial charge on any atom is 0.407 e. The number of nitrogens with one attached hydrogen (secondary N) is 2. The monoisotopic (exact) mass is 411 g/mol. The summed E-state index contributed by atoms with van der Waals surface area (Å²) in [5.74, 6) is 0.128. The Labute approximate surface area is 176 Å². The first-order valence-corrected chi connectivity index (χ1v) is 10.2. The van der Waals surface area contributed by atoms with Gasteiger partial charge in [0.2, 0.25) is 0 Å². The third kappa shape index (κ3) is 5.49. The van der Waals surface area contributed by atoms with Crippen molar-refractivity contribution in [3.05, 3.63) is 59.4 Å². The zero-order valence-corrected chi connectivity index (χ0v) is 17.9. The topological polar surface area (TPSA) is 91.5 Å². The van der Waals surface area contributed by atoms with Gasteiger partial charge in [-0.3, -0.25) is 9.59 Å². The Bertz CT molecular complexity index is 894. The number of rotatable bonds is 7. The van der Waals surface area contributed by atoms with E-state index in [0.29, 0.717) is 29.2 Å². The number of aromatic nitrogens is 1. The predicted molar refractivity (Wildman–Crippen MR) is 114 cm³/mol. The molecule has 2 amide bonds. The molecule has 1 atom stereocenters. The highest BCUT2D eigenvalue weighted by molar-refractivity contribution is 6.09. The summed E-state index contributed by atoms with van der Waals surface area (Å²) >= 11 is 0. The van der Waals surface area contributed by atoms with Gasteiger partial charge in [-0.2, -0.15) is 0 Å². The van der Waals surface area contributed by atoms with Gasteiger partial charge in [-0.15, -0.1) is 0 Å². The highest BCUT2D eigenvalue weighted by atomic mass is 16.6. The fourth-order valence-corrected chi connectivity index (χ4v) is 3.35. The van der Waals surface area contributed by atoms with Gasteiger partial charge in [-0.25, -0.2) is 4.79 Å². The van der Waals surface area contributed by atoms with E-state index in [4.69, 9.17) is 4.74 Å². The molecule has 2 N–H and O–H groups in total. The zero-order chi connectivity index (χ0) is 21.9. The van der Waals surface area contributed by atoms with Crippen LogP contribution in [-0.4, -0.2) is 52.9 Å². The Morgan fingerprint density at radius 3 is 2.27 bits per heavy atom. The highest BCUT2D eigenvalue weighted by Gasteiger charge is 2.36. The van der Waals surface area contributed by atoms with Gasteiger partial charge in [0, 0.05) is 42.7 Å². The van der Waals surface area contributed by atoms with Crippen LogP contribution in [0, 0.1) is 5.92 Å². The molecule has 160 valence electrons. The number of ether oxygens (including phenoxy) is 1. The van der Waals surface area contributed by atoms with Crippen molar-refractivity contribution in [1.82, 2.24) is 15.2 Å². The molecular formula is C23H29N3O4. The number of nitrogens with zero attached hydrogens (tertiary/aromatic N) is 1. The number of benzene rings is 1. The second kappa shape index (κ2) is 8.73.